The van der Waals surface area contributed by atoms with Crippen molar-refractivity contribution in [3.05, 3.63) is 52.6 Å². The first-order chi connectivity index (χ1) is 8.68. The summed E-state index contributed by atoms with van der Waals surface area (Å²) in [5.74, 6) is 0.667. The van der Waals surface area contributed by atoms with Crippen molar-refractivity contribution in [2.75, 3.05) is 5.73 Å². The molecule has 0 aliphatic rings. The SMILES string of the molecule is Cc1cccn2c(N)c(-c3ccccc3Br)nc12. The Morgan fingerprint density at radius 3 is 2.67 bits per heavy atom. The molecule has 0 fully saturated rings. The van der Waals surface area contributed by atoms with Crippen molar-refractivity contribution in [1.82, 2.24) is 9.38 Å². The minimum absolute atomic E-state index is 0.667. The maximum absolute atomic E-state index is 6.19. The molecule has 0 atom stereocenters. The van der Waals surface area contributed by atoms with Gasteiger partial charge in [0, 0.05) is 16.2 Å². The Hall–Kier alpha value is -1.81. The van der Waals surface area contributed by atoms with Gasteiger partial charge in [0.2, 0.25) is 0 Å². The van der Waals surface area contributed by atoms with E-state index in [0.717, 1.165) is 26.9 Å². The second kappa shape index (κ2) is 4.14. The Morgan fingerprint density at radius 2 is 1.94 bits per heavy atom. The number of rotatable bonds is 1. The van der Waals surface area contributed by atoms with Crippen LogP contribution in [-0.4, -0.2) is 9.38 Å². The third-order valence-electron chi connectivity index (χ3n) is 3.01. The van der Waals surface area contributed by atoms with Gasteiger partial charge in [-0.1, -0.05) is 40.2 Å². The van der Waals surface area contributed by atoms with Crippen LogP contribution < -0.4 is 5.73 Å². The summed E-state index contributed by atoms with van der Waals surface area (Å²) >= 11 is 3.54. The van der Waals surface area contributed by atoms with Crippen molar-refractivity contribution in [2.24, 2.45) is 0 Å². The molecule has 0 saturated heterocycles. The van der Waals surface area contributed by atoms with Gasteiger partial charge in [-0.05, 0) is 24.6 Å². The van der Waals surface area contributed by atoms with E-state index >= 15 is 0 Å². The van der Waals surface area contributed by atoms with Gasteiger partial charge in [-0.15, -0.1) is 0 Å². The van der Waals surface area contributed by atoms with Crippen molar-refractivity contribution in [1.29, 1.82) is 0 Å². The van der Waals surface area contributed by atoms with E-state index in [9.17, 15) is 0 Å². The number of anilines is 1. The molecular weight excluding hydrogens is 290 g/mol. The summed E-state index contributed by atoms with van der Waals surface area (Å²) in [5, 5.41) is 0. The molecule has 3 nitrogen and oxygen atoms in total. The normalized spacial score (nSPS) is 11.0. The lowest BCUT2D eigenvalue weighted by Gasteiger charge is -2.01. The summed E-state index contributed by atoms with van der Waals surface area (Å²) in [5.41, 5.74) is 10.0. The van der Waals surface area contributed by atoms with Gasteiger partial charge in [-0.25, -0.2) is 4.98 Å². The molecule has 18 heavy (non-hydrogen) atoms. The first-order valence-corrected chi connectivity index (χ1v) is 6.46. The molecule has 0 radical (unpaired) electrons. The fourth-order valence-electron chi connectivity index (χ4n) is 2.07. The average molecular weight is 302 g/mol. The van der Waals surface area contributed by atoms with Crippen LogP contribution in [0.4, 0.5) is 5.82 Å². The molecule has 0 aliphatic carbocycles. The van der Waals surface area contributed by atoms with Gasteiger partial charge in [-0.3, -0.25) is 4.40 Å². The molecule has 1 aromatic carbocycles. The van der Waals surface area contributed by atoms with Crippen molar-refractivity contribution in [3.8, 4) is 11.3 Å². The highest BCUT2D eigenvalue weighted by atomic mass is 79.9. The number of nitrogen functional groups attached to an aromatic ring is 1. The van der Waals surface area contributed by atoms with Crippen LogP contribution in [0.3, 0.4) is 0 Å². The number of hydrogen-bond donors (Lipinski definition) is 1. The summed E-state index contributed by atoms with van der Waals surface area (Å²) in [6, 6.07) is 12.0. The zero-order valence-electron chi connectivity index (χ0n) is 9.89. The highest BCUT2D eigenvalue weighted by Crippen LogP contribution is 2.32. The number of pyridine rings is 1. The molecular formula is C14H12BrN3. The lowest BCUT2D eigenvalue weighted by atomic mass is 10.1. The van der Waals surface area contributed by atoms with E-state index in [-0.39, 0.29) is 0 Å². The number of hydrogen-bond acceptors (Lipinski definition) is 2. The van der Waals surface area contributed by atoms with E-state index in [1.807, 2.05) is 53.9 Å². The van der Waals surface area contributed by atoms with E-state index in [2.05, 4.69) is 20.9 Å². The van der Waals surface area contributed by atoms with Crippen LogP contribution in [-0.2, 0) is 0 Å². The van der Waals surface area contributed by atoms with Gasteiger partial charge in [0.25, 0.3) is 0 Å². The summed E-state index contributed by atoms with van der Waals surface area (Å²) in [4.78, 5) is 4.65. The van der Waals surface area contributed by atoms with Crippen molar-refractivity contribution in [2.45, 2.75) is 6.92 Å². The Kier molecular flexibility index (Phi) is 2.59. The first kappa shape index (κ1) is 11.3. The highest BCUT2D eigenvalue weighted by Gasteiger charge is 2.14. The first-order valence-electron chi connectivity index (χ1n) is 5.66. The Labute approximate surface area is 113 Å². The average Bonchev–Trinajstić information content (AvgIpc) is 2.70. The van der Waals surface area contributed by atoms with Gasteiger partial charge in [0.05, 0.1) is 0 Å². The fourth-order valence-corrected chi connectivity index (χ4v) is 2.55. The van der Waals surface area contributed by atoms with Gasteiger partial charge >= 0.3 is 0 Å². The minimum Gasteiger partial charge on any atom is -0.383 e. The molecule has 2 heterocycles. The number of benzene rings is 1. The van der Waals surface area contributed by atoms with Crippen molar-refractivity contribution < 1.29 is 0 Å². The molecule has 2 aromatic heterocycles. The molecule has 90 valence electrons. The van der Waals surface area contributed by atoms with Gasteiger partial charge in [0.15, 0.2) is 0 Å². The lowest BCUT2D eigenvalue weighted by molar-refractivity contribution is 1.17. The molecule has 0 saturated carbocycles. The minimum atomic E-state index is 0.667. The standard InChI is InChI=1S/C14H12BrN3/c1-9-5-4-8-18-13(16)12(17-14(9)18)10-6-2-3-7-11(10)15/h2-8H,16H2,1H3. The molecule has 3 aromatic rings. The predicted octanol–water partition coefficient (Wildman–Crippen LogP) is 3.65. The van der Waals surface area contributed by atoms with Gasteiger partial charge in [0.1, 0.15) is 17.2 Å². The second-order valence-corrected chi connectivity index (χ2v) is 5.06. The third kappa shape index (κ3) is 1.61. The van der Waals surface area contributed by atoms with Crippen LogP contribution >= 0.6 is 15.9 Å². The summed E-state index contributed by atoms with van der Waals surface area (Å²) < 4.78 is 2.92. The second-order valence-electron chi connectivity index (χ2n) is 4.21. The number of halogens is 1. The van der Waals surface area contributed by atoms with Crippen LogP contribution in [0.15, 0.2) is 47.1 Å². The van der Waals surface area contributed by atoms with Gasteiger partial charge < -0.3 is 5.73 Å². The third-order valence-corrected chi connectivity index (χ3v) is 3.70. The zero-order chi connectivity index (χ0) is 12.7. The zero-order valence-corrected chi connectivity index (χ0v) is 11.5. The Balaban J connectivity index is 2.35. The smallest absolute Gasteiger partial charge is 0.142 e. The molecule has 0 spiro atoms. The van der Waals surface area contributed by atoms with Crippen LogP contribution in [0.1, 0.15) is 5.56 Å². The van der Waals surface area contributed by atoms with E-state index in [1.165, 1.54) is 0 Å². The molecule has 3 rings (SSSR count). The summed E-state index contributed by atoms with van der Waals surface area (Å²) in [7, 11) is 0. The molecule has 0 aliphatic heterocycles. The van der Waals surface area contributed by atoms with Gasteiger partial charge in [-0.2, -0.15) is 0 Å². The van der Waals surface area contributed by atoms with Crippen molar-refractivity contribution in [3.63, 3.8) is 0 Å². The highest BCUT2D eigenvalue weighted by molar-refractivity contribution is 9.10. The van der Waals surface area contributed by atoms with E-state index in [1.54, 1.807) is 0 Å². The topological polar surface area (TPSA) is 43.3 Å². The number of aryl methyl sites for hydroxylation is 1. The monoisotopic (exact) mass is 301 g/mol. The molecule has 0 amide bonds. The van der Waals surface area contributed by atoms with E-state index in [4.69, 9.17) is 5.73 Å². The molecule has 4 heteroatoms. The van der Waals surface area contributed by atoms with E-state index < -0.39 is 0 Å². The van der Waals surface area contributed by atoms with Crippen molar-refractivity contribution >= 4 is 27.4 Å². The fraction of sp³-hybridized carbons (Fsp3) is 0.0714. The largest absolute Gasteiger partial charge is 0.383 e. The lowest BCUT2D eigenvalue weighted by Crippen LogP contribution is -1.94. The van der Waals surface area contributed by atoms with Crippen LogP contribution in [0.5, 0.6) is 0 Å². The molecule has 0 bridgehead atoms. The summed E-state index contributed by atoms with van der Waals surface area (Å²) in [6.07, 6.45) is 1.94. The van der Waals surface area contributed by atoms with Crippen LogP contribution in [0.2, 0.25) is 0 Å². The maximum Gasteiger partial charge on any atom is 0.142 e. The van der Waals surface area contributed by atoms with E-state index in [0.29, 0.717) is 5.82 Å². The number of nitrogens with zero attached hydrogens (tertiary/aromatic N) is 2. The number of fused-ring (bicyclic) bond motifs is 1. The Bertz CT molecular complexity index is 731. The number of aromatic nitrogens is 2. The quantitative estimate of drug-likeness (QED) is 0.745. The van der Waals surface area contributed by atoms with Crippen LogP contribution in [0, 0.1) is 6.92 Å². The predicted molar refractivity (Wildman–Crippen MR) is 77.5 cm³/mol. The Morgan fingerprint density at radius 1 is 1.17 bits per heavy atom. The number of imidazole rings is 1. The molecule has 2 N–H and O–H groups in total. The summed E-state index contributed by atoms with van der Waals surface area (Å²) in [6.45, 7) is 2.03. The number of nitrogens with two attached hydrogens (primary N) is 1. The van der Waals surface area contributed by atoms with Crippen LogP contribution in [0.25, 0.3) is 16.9 Å². The maximum atomic E-state index is 6.19. The molecule has 0 unspecified atom stereocenters.